The third-order valence-corrected chi connectivity index (χ3v) is 4.79. The Balaban J connectivity index is 2.12. The van der Waals surface area contributed by atoms with E-state index in [4.69, 9.17) is 11.6 Å². The number of benzene rings is 2. The van der Waals surface area contributed by atoms with E-state index >= 15 is 0 Å². The summed E-state index contributed by atoms with van der Waals surface area (Å²) in [5.41, 5.74) is 1.19. The minimum Gasteiger partial charge on any atom is -0.382 e. The summed E-state index contributed by atoms with van der Waals surface area (Å²) in [5, 5.41) is 27.0. The molecule has 1 N–H and O–H groups in total. The second-order valence-electron chi connectivity index (χ2n) is 6.40. The highest BCUT2D eigenvalue weighted by Crippen LogP contribution is 2.31. The van der Waals surface area contributed by atoms with E-state index in [1.54, 1.807) is 55.5 Å². The van der Waals surface area contributed by atoms with Gasteiger partial charge < -0.3 is 5.11 Å². The van der Waals surface area contributed by atoms with Crippen LogP contribution >= 0.6 is 11.6 Å². The summed E-state index contributed by atoms with van der Waals surface area (Å²) in [6.07, 6.45) is -1.52. The molecule has 1 aromatic heterocycles. The van der Waals surface area contributed by atoms with Gasteiger partial charge in [-0.15, -0.1) is 0 Å². The minimum atomic E-state index is -1.52. The Labute approximate surface area is 166 Å². The molecule has 2 aromatic carbocycles. The van der Waals surface area contributed by atoms with Crippen LogP contribution in [0, 0.1) is 24.0 Å². The average molecular weight is 400 g/mol. The molecular formula is C20H18ClN3O4. The van der Waals surface area contributed by atoms with Gasteiger partial charge in [0.1, 0.15) is 23.5 Å². The molecule has 0 amide bonds. The van der Waals surface area contributed by atoms with Crippen LogP contribution in [0.1, 0.15) is 33.4 Å². The molecule has 7 nitrogen and oxygen atoms in total. The Morgan fingerprint density at radius 1 is 1.18 bits per heavy atom. The van der Waals surface area contributed by atoms with Crippen LogP contribution in [0.25, 0.3) is 0 Å². The maximum atomic E-state index is 12.9. The van der Waals surface area contributed by atoms with Crippen molar-refractivity contribution in [1.82, 2.24) is 9.78 Å². The van der Waals surface area contributed by atoms with Gasteiger partial charge in [-0.1, -0.05) is 54.1 Å². The number of aliphatic hydroxyl groups excluding tert-OH is 1. The van der Waals surface area contributed by atoms with Crippen LogP contribution in [-0.2, 0) is 0 Å². The van der Waals surface area contributed by atoms with Crippen LogP contribution in [0.2, 0.25) is 5.02 Å². The maximum absolute atomic E-state index is 12.9. The van der Waals surface area contributed by atoms with E-state index in [0.717, 1.165) is 0 Å². The van der Waals surface area contributed by atoms with Crippen LogP contribution in [0.3, 0.4) is 0 Å². The Bertz CT molecular complexity index is 1030. The quantitative estimate of drug-likeness (QED) is 0.385. The lowest BCUT2D eigenvalue weighted by molar-refractivity contribution is -0.386. The van der Waals surface area contributed by atoms with Crippen molar-refractivity contribution in [3.05, 3.63) is 92.2 Å². The number of rotatable bonds is 6. The Kier molecular flexibility index (Phi) is 5.58. The second-order valence-corrected chi connectivity index (χ2v) is 6.83. The van der Waals surface area contributed by atoms with E-state index in [2.05, 4.69) is 5.10 Å². The van der Waals surface area contributed by atoms with Crippen LogP contribution in [0.5, 0.6) is 0 Å². The number of hydrogen-bond donors (Lipinski definition) is 1. The van der Waals surface area contributed by atoms with Crippen molar-refractivity contribution >= 4 is 23.1 Å². The molecule has 0 radical (unpaired) electrons. The van der Waals surface area contributed by atoms with Crippen LogP contribution in [0.15, 0.2) is 54.6 Å². The average Bonchev–Trinajstić information content (AvgIpc) is 2.96. The summed E-state index contributed by atoms with van der Waals surface area (Å²) in [7, 11) is 0. The van der Waals surface area contributed by atoms with Gasteiger partial charge in [-0.05, 0) is 31.5 Å². The number of hydrogen-bond acceptors (Lipinski definition) is 5. The van der Waals surface area contributed by atoms with Crippen molar-refractivity contribution in [3.63, 3.8) is 0 Å². The molecule has 3 rings (SSSR count). The number of carbonyl (C=O) groups excluding carboxylic acids is 1. The molecule has 0 aliphatic carbocycles. The second kappa shape index (κ2) is 7.92. The molecule has 0 spiro atoms. The molecule has 1 heterocycles. The first-order valence-electron chi connectivity index (χ1n) is 8.54. The van der Waals surface area contributed by atoms with Gasteiger partial charge in [-0.25, -0.2) is 0 Å². The Morgan fingerprint density at radius 2 is 1.86 bits per heavy atom. The van der Waals surface area contributed by atoms with Crippen molar-refractivity contribution in [2.45, 2.75) is 26.0 Å². The summed E-state index contributed by atoms with van der Waals surface area (Å²) in [6.45, 7) is 3.07. The minimum absolute atomic E-state index is 0.136. The van der Waals surface area contributed by atoms with Crippen molar-refractivity contribution in [3.8, 4) is 0 Å². The first-order chi connectivity index (χ1) is 13.3. The van der Waals surface area contributed by atoms with E-state index in [1.807, 2.05) is 0 Å². The molecule has 0 bridgehead atoms. The SMILES string of the molecule is Cc1nn([C@@H](c2ccccc2)[C@H](O)C(=O)c2cccc(Cl)c2)c(C)c1[N+](=O)[O-]. The van der Waals surface area contributed by atoms with Crippen LogP contribution < -0.4 is 0 Å². The van der Waals surface area contributed by atoms with Crippen molar-refractivity contribution < 1.29 is 14.8 Å². The fourth-order valence-electron chi connectivity index (χ4n) is 3.25. The standard InChI is InChI=1S/C20H18ClN3O4/c1-12-17(24(27)28)13(2)23(22-12)18(14-7-4-3-5-8-14)20(26)19(25)15-9-6-10-16(21)11-15/h3-11,18,20,26H,1-2H3/t18-,20-/m0/s1. The molecule has 0 saturated carbocycles. The lowest BCUT2D eigenvalue weighted by Crippen LogP contribution is -2.34. The molecule has 3 aromatic rings. The molecular weight excluding hydrogens is 382 g/mol. The Morgan fingerprint density at radius 3 is 2.43 bits per heavy atom. The maximum Gasteiger partial charge on any atom is 0.312 e. The van der Waals surface area contributed by atoms with Gasteiger partial charge in [-0.2, -0.15) is 5.10 Å². The van der Waals surface area contributed by atoms with Gasteiger partial charge in [0, 0.05) is 10.6 Å². The number of halogens is 1. The fraction of sp³-hybridized carbons (Fsp3) is 0.200. The smallest absolute Gasteiger partial charge is 0.312 e. The number of aromatic nitrogens is 2. The van der Waals surface area contributed by atoms with Crippen LogP contribution in [-0.4, -0.2) is 31.7 Å². The molecule has 0 fully saturated rings. The zero-order chi connectivity index (χ0) is 20.4. The van der Waals surface area contributed by atoms with Crippen molar-refractivity contribution in [1.29, 1.82) is 0 Å². The lowest BCUT2D eigenvalue weighted by atomic mass is 9.95. The van der Waals surface area contributed by atoms with E-state index < -0.39 is 22.9 Å². The fourth-order valence-corrected chi connectivity index (χ4v) is 3.44. The number of carbonyl (C=O) groups is 1. The highest BCUT2D eigenvalue weighted by molar-refractivity contribution is 6.31. The zero-order valence-electron chi connectivity index (χ0n) is 15.2. The highest BCUT2D eigenvalue weighted by atomic mass is 35.5. The van der Waals surface area contributed by atoms with Gasteiger partial charge in [0.25, 0.3) is 0 Å². The number of ketones is 1. The predicted octanol–water partition coefficient (Wildman–Crippen LogP) is 3.89. The van der Waals surface area contributed by atoms with Crippen molar-refractivity contribution in [2.75, 3.05) is 0 Å². The number of Topliss-reactive ketones (excluding diaryl/α,β-unsaturated/α-hetero) is 1. The molecule has 0 saturated heterocycles. The van der Waals surface area contributed by atoms with E-state index in [-0.39, 0.29) is 22.6 Å². The molecule has 0 unspecified atom stereocenters. The topological polar surface area (TPSA) is 98.3 Å². The molecule has 28 heavy (non-hydrogen) atoms. The van der Waals surface area contributed by atoms with Gasteiger partial charge >= 0.3 is 5.69 Å². The number of aliphatic hydroxyl groups is 1. The number of nitrogens with zero attached hydrogens (tertiary/aromatic N) is 3. The first-order valence-corrected chi connectivity index (χ1v) is 8.92. The van der Waals surface area contributed by atoms with E-state index in [0.29, 0.717) is 10.6 Å². The Hall–Kier alpha value is -3.03. The molecule has 0 aliphatic heterocycles. The highest BCUT2D eigenvalue weighted by Gasteiger charge is 2.34. The van der Waals surface area contributed by atoms with Gasteiger partial charge in [0.2, 0.25) is 0 Å². The molecule has 144 valence electrons. The van der Waals surface area contributed by atoms with Gasteiger partial charge in [0.05, 0.1) is 4.92 Å². The van der Waals surface area contributed by atoms with E-state index in [1.165, 1.54) is 17.7 Å². The van der Waals surface area contributed by atoms with Crippen molar-refractivity contribution in [2.24, 2.45) is 0 Å². The largest absolute Gasteiger partial charge is 0.382 e. The predicted molar refractivity (Wildman–Crippen MR) is 105 cm³/mol. The zero-order valence-corrected chi connectivity index (χ0v) is 16.0. The monoisotopic (exact) mass is 399 g/mol. The van der Waals surface area contributed by atoms with Gasteiger partial charge in [0.15, 0.2) is 5.78 Å². The summed E-state index contributed by atoms with van der Waals surface area (Å²) in [6, 6.07) is 14.1. The summed E-state index contributed by atoms with van der Waals surface area (Å²) in [4.78, 5) is 23.8. The third-order valence-electron chi connectivity index (χ3n) is 4.55. The molecule has 0 aliphatic rings. The lowest BCUT2D eigenvalue weighted by Gasteiger charge is -2.24. The normalized spacial score (nSPS) is 13.1. The summed E-state index contributed by atoms with van der Waals surface area (Å²) >= 11 is 5.96. The first kappa shape index (κ1) is 19.7. The number of nitro groups is 1. The van der Waals surface area contributed by atoms with Gasteiger partial charge in [-0.3, -0.25) is 19.6 Å². The molecule has 2 atom stereocenters. The number of aryl methyl sites for hydroxylation is 1. The van der Waals surface area contributed by atoms with Crippen LogP contribution in [0.4, 0.5) is 5.69 Å². The summed E-state index contributed by atoms with van der Waals surface area (Å²) in [5.74, 6) is -0.549. The molecule has 8 heteroatoms. The van der Waals surface area contributed by atoms with E-state index in [9.17, 15) is 20.0 Å². The summed E-state index contributed by atoms with van der Waals surface area (Å²) < 4.78 is 1.34. The third kappa shape index (κ3) is 3.67.